The van der Waals surface area contributed by atoms with Gasteiger partial charge in [0.15, 0.2) is 5.13 Å². The van der Waals surface area contributed by atoms with E-state index >= 15 is 0 Å². The average molecular weight is 254 g/mol. The number of thiazole rings is 1. The van der Waals surface area contributed by atoms with Crippen molar-refractivity contribution in [1.29, 1.82) is 0 Å². The first kappa shape index (κ1) is 12.4. The fourth-order valence-corrected chi connectivity index (χ4v) is 2.96. The molecule has 1 fully saturated rings. The number of ether oxygens (including phenoxy) is 1. The Kier molecular flexibility index (Phi) is 3.12. The summed E-state index contributed by atoms with van der Waals surface area (Å²) in [7, 11) is 1.39. The third kappa shape index (κ3) is 2.60. The van der Waals surface area contributed by atoms with Gasteiger partial charge in [-0.15, -0.1) is 0 Å². The van der Waals surface area contributed by atoms with Gasteiger partial charge in [0.1, 0.15) is 4.88 Å². The normalized spacial score (nSPS) is 15.8. The van der Waals surface area contributed by atoms with Crippen molar-refractivity contribution in [3.63, 3.8) is 0 Å². The maximum absolute atomic E-state index is 11.5. The molecule has 1 aromatic rings. The lowest BCUT2D eigenvalue weighted by Crippen LogP contribution is -2.33. The lowest BCUT2D eigenvalue weighted by Gasteiger charge is -2.25. The van der Waals surface area contributed by atoms with E-state index in [1.165, 1.54) is 31.3 Å². The zero-order chi connectivity index (χ0) is 12.6. The summed E-state index contributed by atoms with van der Waals surface area (Å²) in [5.74, 6) is 0.408. The number of aromatic nitrogens is 1. The first-order chi connectivity index (χ1) is 7.94. The molecule has 4 nitrogen and oxygen atoms in total. The minimum Gasteiger partial charge on any atom is -0.465 e. The van der Waals surface area contributed by atoms with Gasteiger partial charge in [-0.2, -0.15) is 0 Å². The summed E-state index contributed by atoms with van der Waals surface area (Å²) in [6.45, 7) is 6.19. The third-order valence-electron chi connectivity index (χ3n) is 3.19. The lowest BCUT2D eigenvalue weighted by molar-refractivity contribution is 0.0605. The number of carbonyl (C=O) groups excluding carboxylic acids is 1. The predicted molar refractivity (Wildman–Crippen MR) is 68.6 cm³/mol. The summed E-state index contributed by atoms with van der Waals surface area (Å²) in [5.41, 5.74) is 0.786. The molecule has 1 saturated carbocycles. The van der Waals surface area contributed by atoms with Crippen LogP contribution in [-0.2, 0) is 4.74 Å². The van der Waals surface area contributed by atoms with Gasteiger partial charge < -0.3 is 10.1 Å². The fourth-order valence-electron chi connectivity index (χ4n) is 1.91. The smallest absolute Gasteiger partial charge is 0.350 e. The van der Waals surface area contributed by atoms with Crippen LogP contribution in [0.5, 0.6) is 0 Å². The van der Waals surface area contributed by atoms with Crippen LogP contribution < -0.4 is 5.32 Å². The Bertz CT molecular complexity index is 436. The van der Waals surface area contributed by atoms with E-state index in [1.807, 2.05) is 6.92 Å². The molecular formula is C12H18N2O2S. The second kappa shape index (κ2) is 4.29. The van der Waals surface area contributed by atoms with Crippen molar-refractivity contribution in [2.45, 2.75) is 39.2 Å². The van der Waals surface area contributed by atoms with E-state index in [0.717, 1.165) is 10.8 Å². The second-order valence-corrected chi connectivity index (χ2v) is 6.05. The zero-order valence-electron chi connectivity index (χ0n) is 10.7. The highest BCUT2D eigenvalue weighted by Crippen LogP contribution is 2.41. The van der Waals surface area contributed by atoms with Crippen molar-refractivity contribution in [2.24, 2.45) is 5.92 Å². The summed E-state index contributed by atoms with van der Waals surface area (Å²) in [4.78, 5) is 16.4. The van der Waals surface area contributed by atoms with Crippen LogP contribution in [0.3, 0.4) is 0 Å². The largest absolute Gasteiger partial charge is 0.465 e. The molecule has 0 unspecified atom stereocenters. The highest BCUT2D eigenvalue weighted by molar-refractivity contribution is 7.17. The summed E-state index contributed by atoms with van der Waals surface area (Å²) < 4.78 is 4.72. The van der Waals surface area contributed by atoms with Crippen LogP contribution in [0.4, 0.5) is 5.13 Å². The molecular weight excluding hydrogens is 236 g/mol. The summed E-state index contributed by atoms with van der Waals surface area (Å²) in [6.07, 6.45) is 2.54. The number of methoxy groups -OCH3 is 1. The minimum atomic E-state index is -0.308. The van der Waals surface area contributed by atoms with Gasteiger partial charge in [0, 0.05) is 5.54 Å². The van der Waals surface area contributed by atoms with Crippen molar-refractivity contribution >= 4 is 22.4 Å². The molecule has 17 heavy (non-hydrogen) atoms. The Morgan fingerprint density at radius 1 is 1.53 bits per heavy atom. The molecule has 0 atom stereocenters. The fraction of sp³-hybridized carbons (Fsp3) is 0.667. The van der Waals surface area contributed by atoms with Gasteiger partial charge in [0.05, 0.1) is 12.8 Å². The first-order valence-electron chi connectivity index (χ1n) is 5.78. The summed E-state index contributed by atoms with van der Waals surface area (Å²) in [5, 5.41) is 4.23. The van der Waals surface area contributed by atoms with Crippen LogP contribution in [0.25, 0.3) is 0 Å². The molecule has 0 saturated heterocycles. The SMILES string of the molecule is COC(=O)c1sc(NC(C)(C)C2CC2)nc1C. The molecule has 5 heteroatoms. The van der Waals surface area contributed by atoms with Gasteiger partial charge in [-0.25, -0.2) is 9.78 Å². The molecule has 1 aromatic heterocycles. The molecule has 1 N–H and O–H groups in total. The van der Waals surface area contributed by atoms with Gasteiger partial charge in [0.2, 0.25) is 0 Å². The van der Waals surface area contributed by atoms with E-state index in [1.54, 1.807) is 0 Å². The Morgan fingerprint density at radius 2 is 2.18 bits per heavy atom. The first-order valence-corrected chi connectivity index (χ1v) is 6.59. The lowest BCUT2D eigenvalue weighted by atomic mass is 9.99. The number of rotatable bonds is 4. The van der Waals surface area contributed by atoms with Gasteiger partial charge in [0.25, 0.3) is 0 Å². The molecule has 0 aromatic carbocycles. The van der Waals surface area contributed by atoms with E-state index in [-0.39, 0.29) is 11.5 Å². The Hall–Kier alpha value is -1.10. The maximum atomic E-state index is 11.5. The van der Waals surface area contributed by atoms with E-state index in [0.29, 0.717) is 10.8 Å². The van der Waals surface area contributed by atoms with Crippen molar-refractivity contribution in [1.82, 2.24) is 4.98 Å². The van der Waals surface area contributed by atoms with Crippen LogP contribution in [0.1, 0.15) is 42.1 Å². The molecule has 0 aliphatic heterocycles. The Morgan fingerprint density at radius 3 is 2.71 bits per heavy atom. The van der Waals surface area contributed by atoms with Gasteiger partial charge in [-0.1, -0.05) is 11.3 Å². The van der Waals surface area contributed by atoms with Crippen LogP contribution in [0.2, 0.25) is 0 Å². The number of hydrogen-bond donors (Lipinski definition) is 1. The predicted octanol–water partition coefficient (Wildman–Crippen LogP) is 2.84. The molecule has 1 aliphatic rings. The number of aryl methyl sites for hydroxylation is 1. The number of esters is 1. The number of carbonyl (C=O) groups is 1. The van der Waals surface area contributed by atoms with E-state index in [2.05, 4.69) is 24.1 Å². The van der Waals surface area contributed by atoms with E-state index < -0.39 is 0 Å². The van der Waals surface area contributed by atoms with Gasteiger partial charge >= 0.3 is 5.97 Å². The third-order valence-corrected chi connectivity index (χ3v) is 4.25. The van der Waals surface area contributed by atoms with Crippen LogP contribution in [-0.4, -0.2) is 23.6 Å². The van der Waals surface area contributed by atoms with Crippen molar-refractivity contribution in [3.8, 4) is 0 Å². The van der Waals surface area contributed by atoms with Crippen molar-refractivity contribution in [2.75, 3.05) is 12.4 Å². The van der Waals surface area contributed by atoms with Crippen molar-refractivity contribution in [3.05, 3.63) is 10.6 Å². The van der Waals surface area contributed by atoms with Crippen LogP contribution >= 0.6 is 11.3 Å². The molecule has 1 aliphatic carbocycles. The van der Waals surface area contributed by atoms with Gasteiger partial charge in [-0.05, 0) is 39.5 Å². The van der Waals surface area contributed by atoms with Crippen molar-refractivity contribution < 1.29 is 9.53 Å². The molecule has 2 rings (SSSR count). The maximum Gasteiger partial charge on any atom is 0.350 e. The minimum absolute atomic E-state index is 0.0533. The zero-order valence-corrected chi connectivity index (χ0v) is 11.5. The van der Waals surface area contributed by atoms with Crippen LogP contribution in [0, 0.1) is 12.8 Å². The monoisotopic (exact) mass is 254 g/mol. The quantitative estimate of drug-likeness (QED) is 0.839. The topological polar surface area (TPSA) is 51.2 Å². The standard InChI is InChI=1S/C12H18N2O2S/c1-7-9(10(15)16-4)17-11(13-7)14-12(2,3)8-5-6-8/h8H,5-6H2,1-4H3,(H,13,14). The number of hydrogen-bond acceptors (Lipinski definition) is 5. The highest BCUT2D eigenvalue weighted by atomic mass is 32.1. The van der Waals surface area contributed by atoms with Crippen LogP contribution in [0.15, 0.2) is 0 Å². The number of nitrogens with zero attached hydrogens (tertiary/aromatic N) is 1. The average Bonchev–Trinajstić information content (AvgIpc) is 3.04. The highest BCUT2D eigenvalue weighted by Gasteiger charge is 2.38. The van der Waals surface area contributed by atoms with E-state index in [9.17, 15) is 4.79 Å². The van der Waals surface area contributed by atoms with E-state index in [4.69, 9.17) is 4.74 Å². The molecule has 0 spiro atoms. The van der Waals surface area contributed by atoms with Gasteiger partial charge in [-0.3, -0.25) is 0 Å². The number of anilines is 1. The Labute approximate surface area is 105 Å². The Balaban J connectivity index is 2.14. The molecule has 0 amide bonds. The second-order valence-electron chi connectivity index (χ2n) is 5.05. The molecule has 0 radical (unpaired) electrons. The summed E-state index contributed by atoms with van der Waals surface area (Å²) >= 11 is 1.37. The molecule has 94 valence electrons. The summed E-state index contributed by atoms with van der Waals surface area (Å²) in [6, 6.07) is 0. The number of nitrogens with one attached hydrogen (secondary N) is 1. The molecule has 1 heterocycles. The molecule has 0 bridgehead atoms.